The summed E-state index contributed by atoms with van der Waals surface area (Å²) in [6, 6.07) is 86.4. The van der Waals surface area contributed by atoms with Gasteiger partial charge in [0, 0.05) is 76.7 Å². The van der Waals surface area contributed by atoms with Crippen molar-refractivity contribution in [3.05, 3.63) is 319 Å². The van der Waals surface area contributed by atoms with Gasteiger partial charge >= 0.3 is 0 Å². The number of anilines is 6. The molecule has 10 aromatic carbocycles. The molecule has 416 valence electrons. The third-order valence-corrected chi connectivity index (χ3v) is 20.7. The molecule has 0 aliphatic carbocycles. The number of carbonyl (C=O) groups excluding carboxylic acids is 2. The summed E-state index contributed by atoms with van der Waals surface area (Å²) in [7, 11) is 0. The summed E-state index contributed by atoms with van der Waals surface area (Å²) >= 11 is 2.87. The number of Topliss-reactive ketones (excluding diaryl/α,β-unsaturated/α-hetero) is 2. The molecule has 0 saturated heterocycles. The van der Waals surface area contributed by atoms with Gasteiger partial charge in [0.25, 0.3) is 0 Å². The zero-order valence-corrected chi connectivity index (χ0v) is 51.3. The van der Waals surface area contributed by atoms with Gasteiger partial charge in [-0.05, 0) is 142 Å². The molecule has 0 N–H and O–H groups in total. The van der Waals surface area contributed by atoms with Gasteiger partial charge in [-0.25, -0.2) is 0 Å². The quantitative estimate of drug-likeness (QED) is 0.101. The molecule has 12 rings (SSSR count). The second kappa shape index (κ2) is 22.0. The molecule has 0 unspecified atom stereocenters. The van der Waals surface area contributed by atoms with Crippen molar-refractivity contribution in [2.75, 3.05) is 9.80 Å². The van der Waals surface area contributed by atoms with Gasteiger partial charge in [-0.3, -0.25) is 9.59 Å². The van der Waals surface area contributed by atoms with E-state index in [1.165, 1.54) is 68.0 Å². The standard InChI is InChI=1S/C78H70N2O2S2/c1-51-45-65(79(61-41-37-57(38-42-61)75(3,4)53-25-15-11-16-26-53)63-35-23-33-59(47-63)77(7,8)55-29-19-13-20-30-55)49-67-69(81)73(83-71(51)67)74-70(82)68-50-66(46-52(2)72(68)84-74)80(62-43-39-58(40-44-62)76(5,6)54-27-17-12-18-28-54)64-36-24-34-60(48-64)78(9,10)56-31-21-14-22-32-56/h11-50H,1-10H3/b74-73+. The van der Waals surface area contributed by atoms with Crippen LogP contribution in [0.3, 0.4) is 0 Å². The van der Waals surface area contributed by atoms with Crippen molar-refractivity contribution >= 4 is 69.2 Å². The van der Waals surface area contributed by atoms with E-state index in [1.807, 2.05) is 12.1 Å². The summed E-state index contributed by atoms with van der Waals surface area (Å²) in [6.45, 7) is 22.3. The van der Waals surface area contributed by atoms with Crippen LogP contribution in [0, 0.1) is 13.8 Å². The Morgan fingerprint density at radius 2 is 0.548 bits per heavy atom. The first-order valence-electron chi connectivity index (χ1n) is 29.1. The first-order valence-corrected chi connectivity index (χ1v) is 30.7. The van der Waals surface area contributed by atoms with Crippen LogP contribution in [0.1, 0.15) is 132 Å². The Bertz CT molecular complexity index is 3890. The minimum absolute atomic E-state index is 0.127. The summed E-state index contributed by atoms with van der Waals surface area (Å²) in [5, 5.41) is 0. The number of fused-ring (bicyclic) bond motifs is 2. The number of allylic oxidation sites excluding steroid dienone is 2. The van der Waals surface area contributed by atoms with Crippen molar-refractivity contribution < 1.29 is 9.59 Å². The molecule has 2 heterocycles. The SMILES string of the molecule is Cc1cc(N(c2ccc(C(C)(C)c3ccccc3)cc2)c2cccc(C(C)(C)c3ccccc3)c2)cc2c1S/C(=C1/Sc3c(C)cc(N(c4ccc(C(C)(C)c5ccccc5)cc4)c4cccc(C(C)(C)c5ccccc5)c4)cc3C1=O)C2=O. The van der Waals surface area contributed by atoms with Crippen LogP contribution in [0.5, 0.6) is 0 Å². The average molecular weight is 1130 g/mol. The molecule has 0 radical (unpaired) electrons. The number of nitrogens with zero attached hydrogens (tertiary/aromatic N) is 2. The Morgan fingerprint density at radius 3 is 0.857 bits per heavy atom. The summed E-state index contributed by atoms with van der Waals surface area (Å²) in [6.07, 6.45) is 0. The Hall–Kier alpha value is -8.42. The van der Waals surface area contributed by atoms with Gasteiger partial charge in [0.2, 0.25) is 11.6 Å². The number of rotatable bonds is 14. The van der Waals surface area contributed by atoms with Crippen molar-refractivity contribution in [3.63, 3.8) is 0 Å². The lowest BCUT2D eigenvalue weighted by atomic mass is 9.78. The second-order valence-corrected chi connectivity index (χ2v) is 26.7. The van der Waals surface area contributed by atoms with Crippen molar-refractivity contribution in [2.24, 2.45) is 0 Å². The van der Waals surface area contributed by atoms with Gasteiger partial charge in [0.1, 0.15) is 0 Å². The smallest absolute Gasteiger partial charge is 0.202 e. The second-order valence-electron chi connectivity index (χ2n) is 24.6. The van der Waals surface area contributed by atoms with Crippen LogP contribution in [0.25, 0.3) is 0 Å². The third-order valence-electron chi connectivity index (χ3n) is 17.9. The van der Waals surface area contributed by atoms with E-state index in [0.717, 1.165) is 55.0 Å². The van der Waals surface area contributed by atoms with Crippen molar-refractivity contribution in [1.82, 2.24) is 0 Å². The number of benzene rings is 10. The third kappa shape index (κ3) is 10.1. The molecule has 0 saturated carbocycles. The maximum atomic E-state index is 15.3. The molecule has 0 fully saturated rings. The largest absolute Gasteiger partial charge is 0.310 e. The van der Waals surface area contributed by atoms with Crippen LogP contribution >= 0.6 is 23.5 Å². The molecular formula is C78H70N2O2S2. The molecular weight excluding hydrogens is 1060 g/mol. The van der Waals surface area contributed by atoms with Crippen molar-refractivity contribution in [3.8, 4) is 0 Å². The summed E-state index contributed by atoms with van der Waals surface area (Å²) in [5.74, 6) is -0.253. The van der Waals surface area contributed by atoms with Gasteiger partial charge in [-0.1, -0.05) is 249 Å². The molecule has 4 nitrogen and oxygen atoms in total. The Kier molecular flexibility index (Phi) is 14.7. The van der Waals surface area contributed by atoms with E-state index in [9.17, 15) is 0 Å². The molecule has 84 heavy (non-hydrogen) atoms. The fourth-order valence-corrected chi connectivity index (χ4v) is 14.7. The van der Waals surface area contributed by atoms with Gasteiger partial charge in [0.05, 0.1) is 9.81 Å². The molecule has 0 spiro atoms. The number of hydrogen-bond acceptors (Lipinski definition) is 6. The molecule has 2 aliphatic heterocycles. The van der Waals surface area contributed by atoms with E-state index < -0.39 is 0 Å². The van der Waals surface area contributed by atoms with E-state index >= 15 is 9.59 Å². The fraction of sp³-hybridized carbons (Fsp3) is 0.179. The highest BCUT2D eigenvalue weighted by atomic mass is 32.2. The summed E-state index contributed by atoms with van der Waals surface area (Å²) in [4.78, 5) is 37.8. The number of ketones is 2. The monoisotopic (exact) mass is 1130 g/mol. The highest BCUT2D eigenvalue weighted by molar-refractivity contribution is 8.08. The number of thioether (sulfide) groups is 2. The van der Waals surface area contributed by atoms with Crippen LogP contribution < -0.4 is 9.80 Å². The van der Waals surface area contributed by atoms with Gasteiger partial charge in [-0.2, -0.15) is 0 Å². The van der Waals surface area contributed by atoms with E-state index in [-0.39, 0.29) is 33.2 Å². The van der Waals surface area contributed by atoms with Crippen LogP contribution in [-0.2, 0) is 21.7 Å². The molecule has 0 bridgehead atoms. The highest BCUT2D eigenvalue weighted by Gasteiger charge is 2.39. The molecule has 0 aromatic heterocycles. The maximum Gasteiger partial charge on any atom is 0.202 e. The lowest BCUT2D eigenvalue weighted by Crippen LogP contribution is -2.20. The normalized spacial score (nSPS) is 14.4. The number of hydrogen-bond donors (Lipinski definition) is 0. The van der Waals surface area contributed by atoms with Crippen LogP contribution in [-0.4, -0.2) is 11.6 Å². The molecule has 6 heteroatoms. The lowest BCUT2D eigenvalue weighted by Gasteiger charge is -2.31. The first kappa shape index (κ1) is 56.1. The predicted octanol–water partition coefficient (Wildman–Crippen LogP) is 21.0. The summed E-state index contributed by atoms with van der Waals surface area (Å²) in [5.41, 5.74) is 17.5. The number of carbonyl (C=O) groups is 2. The van der Waals surface area contributed by atoms with Gasteiger partial charge in [0.15, 0.2) is 0 Å². The predicted molar refractivity (Wildman–Crippen MR) is 353 cm³/mol. The van der Waals surface area contributed by atoms with Crippen LogP contribution in [0.15, 0.2) is 262 Å². The maximum absolute atomic E-state index is 15.3. The lowest BCUT2D eigenvalue weighted by molar-refractivity contribution is 0.101. The fourth-order valence-electron chi connectivity index (χ4n) is 12.3. The van der Waals surface area contributed by atoms with E-state index in [0.29, 0.717) is 20.9 Å². The Balaban J connectivity index is 0.920. The molecule has 10 aromatic rings. The van der Waals surface area contributed by atoms with E-state index in [1.54, 1.807) is 0 Å². The molecule has 0 amide bonds. The Morgan fingerprint density at radius 1 is 0.274 bits per heavy atom. The highest BCUT2D eigenvalue weighted by Crippen LogP contribution is 2.54. The van der Waals surface area contributed by atoms with Gasteiger partial charge in [-0.15, -0.1) is 0 Å². The van der Waals surface area contributed by atoms with E-state index in [4.69, 9.17) is 0 Å². The van der Waals surface area contributed by atoms with Gasteiger partial charge < -0.3 is 9.80 Å². The van der Waals surface area contributed by atoms with Crippen LogP contribution in [0.2, 0.25) is 0 Å². The van der Waals surface area contributed by atoms with E-state index in [2.05, 4.69) is 310 Å². The summed E-state index contributed by atoms with van der Waals surface area (Å²) < 4.78 is 0. The van der Waals surface area contributed by atoms with Crippen molar-refractivity contribution in [1.29, 1.82) is 0 Å². The average Bonchev–Trinajstić information content (AvgIpc) is 2.25. The van der Waals surface area contributed by atoms with Crippen LogP contribution in [0.4, 0.5) is 34.1 Å². The minimum atomic E-state index is -0.287. The molecule has 0 atom stereocenters. The zero-order valence-electron chi connectivity index (χ0n) is 49.6. The number of aryl methyl sites for hydroxylation is 2. The first-order chi connectivity index (χ1) is 40.3. The Labute approximate surface area is 505 Å². The zero-order chi connectivity index (χ0) is 58.7. The topological polar surface area (TPSA) is 40.6 Å². The van der Waals surface area contributed by atoms with Crippen molar-refractivity contribution in [2.45, 2.75) is 101 Å². The minimum Gasteiger partial charge on any atom is -0.310 e. The molecule has 2 aliphatic rings.